The molecule has 0 aliphatic heterocycles. The molecule has 0 bridgehead atoms. The lowest BCUT2D eigenvalue weighted by Gasteiger charge is -2.14. The molecule has 0 spiro atoms. The van der Waals surface area contributed by atoms with Crippen LogP contribution in [0.5, 0.6) is 5.88 Å². The van der Waals surface area contributed by atoms with Crippen molar-refractivity contribution in [2.24, 2.45) is 7.05 Å². The van der Waals surface area contributed by atoms with Crippen LogP contribution >= 0.6 is 11.6 Å². The van der Waals surface area contributed by atoms with Crippen molar-refractivity contribution in [3.63, 3.8) is 0 Å². The van der Waals surface area contributed by atoms with Crippen molar-refractivity contribution in [1.29, 1.82) is 0 Å². The molecule has 1 N–H and O–H groups in total. The van der Waals surface area contributed by atoms with E-state index in [9.17, 15) is 9.50 Å². The van der Waals surface area contributed by atoms with E-state index in [1.54, 1.807) is 14.0 Å². The number of aryl methyl sites for hydroxylation is 2. The molecule has 0 radical (unpaired) electrons. The highest BCUT2D eigenvalue weighted by molar-refractivity contribution is 6.31. The zero-order valence-corrected chi connectivity index (χ0v) is 11.6. The number of aliphatic hydroxyl groups excluding tert-OH is 1. The average Bonchev–Trinajstić information content (AvgIpc) is 2.65. The lowest BCUT2D eigenvalue weighted by Crippen LogP contribution is -2.05. The number of halogens is 2. The number of nitrogens with zero attached hydrogens (tertiary/aromatic N) is 2. The molecule has 19 heavy (non-hydrogen) atoms. The third kappa shape index (κ3) is 2.43. The van der Waals surface area contributed by atoms with E-state index in [4.69, 9.17) is 16.3 Å². The smallest absolute Gasteiger partial charge is 0.217 e. The first-order valence-electron chi connectivity index (χ1n) is 5.66. The van der Waals surface area contributed by atoms with Gasteiger partial charge in [0.2, 0.25) is 5.88 Å². The Morgan fingerprint density at radius 3 is 2.79 bits per heavy atom. The topological polar surface area (TPSA) is 47.3 Å². The van der Waals surface area contributed by atoms with Crippen molar-refractivity contribution in [2.45, 2.75) is 13.0 Å². The van der Waals surface area contributed by atoms with E-state index in [-0.39, 0.29) is 5.56 Å². The van der Waals surface area contributed by atoms with E-state index < -0.39 is 11.9 Å². The Kier molecular flexibility index (Phi) is 3.78. The maximum Gasteiger partial charge on any atom is 0.217 e. The average molecular weight is 285 g/mol. The van der Waals surface area contributed by atoms with Gasteiger partial charge in [-0.05, 0) is 25.1 Å². The second-order valence-corrected chi connectivity index (χ2v) is 4.61. The largest absolute Gasteiger partial charge is 0.481 e. The first-order valence-corrected chi connectivity index (χ1v) is 6.04. The Labute approximate surface area is 115 Å². The second kappa shape index (κ2) is 5.19. The molecule has 1 unspecified atom stereocenters. The van der Waals surface area contributed by atoms with Crippen molar-refractivity contribution >= 4 is 11.6 Å². The fraction of sp³-hybridized carbons (Fsp3) is 0.308. The summed E-state index contributed by atoms with van der Waals surface area (Å²) in [4.78, 5) is 0. The summed E-state index contributed by atoms with van der Waals surface area (Å²) >= 11 is 6.00. The highest BCUT2D eigenvalue weighted by atomic mass is 35.5. The number of hydrogen-bond acceptors (Lipinski definition) is 3. The summed E-state index contributed by atoms with van der Waals surface area (Å²) in [6.07, 6.45) is -1.09. The van der Waals surface area contributed by atoms with Crippen LogP contribution in [0.2, 0.25) is 5.02 Å². The number of ether oxygens (including phenoxy) is 1. The molecule has 1 atom stereocenters. The fourth-order valence-corrected chi connectivity index (χ4v) is 2.31. The Balaban J connectivity index is 2.55. The van der Waals surface area contributed by atoms with E-state index in [1.165, 1.54) is 30.0 Å². The van der Waals surface area contributed by atoms with Crippen LogP contribution in [0.15, 0.2) is 18.2 Å². The van der Waals surface area contributed by atoms with E-state index in [2.05, 4.69) is 5.10 Å². The highest BCUT2D eigenvalue weighted by Crippen LogP contribution is 2.35. The maximum atomic E-state index is 13.3. The van der Waals surface area contributed by atoms with Crippen LogP contribution in [0, 0.1) is 12.7 Å². The van der Waals surface area contributed by atoms with E-state index >= 15 is 0 Å². The van der Waals surface area contributed by atoms with Crippen LogP contribution in [-0.2, 0) is 7.05 Å². The van der Waals surface area contributed by atoms with Crippen LogP contribution in [-0.4, -0.2) is 22.0 Å². The number of rotatable bonds is 3. The summed E-state index contributed by atoms with van der Waals surface area (Å²) in [7, 11) is 3.19. The summed E-state index contributed by atoms with van der Waals surface area (Å²) in [5.74, 6) is -0.0377. The maximum absolute atomic E-state index is 13.3. The van der Waals surface area contributed by atoms with Crippen LogP contribution in [0.25, 0.3) is 0 Å². The van der Waals surface area contributed by atoms with Crippen LogP contribution < -0.4 is 4.74 Å². The van der Waals surface area contributed by atoms with Crippen molar-refractivity contribution in [3.05, 3.63) is 45.9 Å². The third-order valence-corrected chi connectivity index (χ3v) is 3.28. The molecule has 1 aromatic carbocycles. The molecule has 102 valence electrons. The van der Waals surface area contributed by atoms with Gasteiger partial charge in [0.15, 0.2) is 0 Å². The molecule has 0 saturated carbocycles. The summed E-state index contributed by atoms with van der Waals surface area (Å²) < 4.78 is 20.0. The quantitative estimate of drug-likeness (QED) is 0.942. The molecule has 1 aromatic heterocycles. The Morgan fingerprint density at radius 1 is 1.47 bits per heavy atom. The minimum absolute atomic E-state index is 0.288. The van der Waals surface area contributed by atoms with Gasteiger partial charge in [-0.15, -0.1) is 0 Å². The predicted molar refractivity (Wildman–Crippen MR) is 70.0 cm³/mol. The predicted octanol–water partition coefficient (Wildman–Crippen LogP) is 2.61. The minimum Gasteiger partial charge on any atom is -0.481 e. The van der Waals surface area contributed by atoms with Gasteiger partial charge in [0.1, 0.15) is 11.9 Å². The van der Waals surface area contributed by atoms with Gasteiger partial charge in [0.05, 0.1) is 18.4 Å². The lowest BCUT2D eigenvalue weighted by atomic mass is 10.0. The minimum atomic E-state index is -1.09. The fourth-order valence-electron chi connectivity index (χ4n) is 2.09. The van der Waals surface area contributed by atoms with Crippen molar-refractivity contribution < 1.29 is 14.2 Å². The molecule has 2 aromatic rings. The number of aromatic nitrogens is 2. The van der Waals surface area contributed by atoms with Gasteiger partial charge in [-0.3, -0.25) is 0 Å². The van der Waals surface area contributed by atoms with Crippen LogP contribution in [0.3, 0.4) is 0 Å². The van der Waals surface area contributed by atoms with Gasteiger partial charge in [-0.2, -0.15) is 5.10 Å². The standard InChI is InChI=1S/C13H14ClFN2O2/c1-7-11(13(19-3)17(2)16-7)12(18)9-6-8(15)4-5-10(9)14/h4-6,12,18H,1-3H3. The van der Waals surface area contributed by atoms with Gasteiger partial charge in [-0.1, -0.05) is 11.6 Å². The molecule has 1 heterocycles. The van der Waals surface area contributed by atoms with Gasteiger partial charge < -0.3 is 9.84 Å². The Bertz CT molecular complexity index is 613. The van der Waals surface area contributed by atoms with Gasteiger partial charge in [0.25, 0.3) is 0 Å². The van der Waals surface area contributed by atoms with E-state index in [0.29, 0.717) is 22.2 Å². The molecule has 0 saturated heterocycles. The molecule has 0 aliphatic carbocycles. The zero-order chi connectivity index (χ0) is 14.2. The van der Waals surface area contributed by atoms with Crippen LogP contribution in [0.1, 0.15) is 22.9 Å². The lowest BCUT2D eigenvalue weighted by molar-refractivity contribution is 0.212. The third-order valence-electron chi connectivity index (χ3n) is 2.93. The van der Waals surface area contributed by atoms with Crippen LogP contribution in [0.4, 0.5) is 4.39 Å². The summed E-state index contributed by atoms with van der Waals surface area (Å²) in [5, 5.41) is 14.9. The summed E-state index contributed by atoms with van der Waals surface area (Å²) in [6, 6.07) is 3.86. The molecule has 6 heteroatoms. The van der Waals surface area contributed by atoms with E-state index in [1.807, 2.05) is 0 Å². The molecule has 0 fully saturated rings. The number of hydrogen-bond donors (Lipinski definition) is 1. The Hall–Kier alpha value is -1.59. The zero-order valence-electron chi connectivity index (χ0n) is 10.8. The molecule has 0 aliphatic rings. The molecular formula is C13H14ClFN2O2. The second-order valence-electron chi connectivity index (χ2n) is 4.20. The monoisotopic (exact) mass is 284 g/mol. The molecule has 4 nitrogen and oxygen atoms in total. The highest BCUT2D eigenvalue weighted by Gasteiger charge is 2.24. The normalized spacial score (nSPS) is 12.5. The first kappa shape index (κ1) is 13.8. The van der Waals surface area contributed by atoms with Crippen molar-refractivity contribution in [3.8, 4) is 5.88 Å². The Morgan fingerprint density at radius 2 is 2.16 bits per heavy atom. The first-order chi connectivity index (χ1) is 8.95. The molecular weight excluding hydrogens is 271 g/mol. The number of benzene rings is 1. The van der Waals surface area contributed by atoms with Crippen molar-refractivity contribution in [1.82, 2.24) is 9.78 Å². The van der Waals surface area contributed by atoms with E-state index in [0.717, 1.165) is 0 Å². The molecule has 2 rings (SSSR count). The van der Waals surface area contributed by atoms with Crippen molar-refractivity contribution in [2.75, 3.05) is 7.11 Å². The van der Waals surface area contributed by atoms with Gasteiger partial charge in [-0.25, -0.2) is 9.07 Å². The van der Waals surface area contributed by atoms with Gasteiger partial charge in [0, 0.05) is 17.6 Å². The number of methoxy groups -OCH3 is 1. The summed E-state index contributed by atoms with van der Waals surface area (Å²) in [5.41, 5.74) is 1.38. The SMILES string of the molecule is COc1c(C(O)c2cc(F)ccc2Cl)c(C)nn1C. The number of aliphatic hydroxyl groups is 1. The molecule has 0 amide bonds. The summed E-state index contributed by atoms with van der Waals surface area (Å²) in [6.45, 7) is 1.74. The van der Waals surface area contributed by atoms with Gasteiger partial charge >= 0.3 is 0 Å².